The van der Waals surface area contributed by atoms with E-state index in [1.165, 1.54) is 0 Å². The molecule has 0 bridgehead atoms. The maximum absolute atomic E-state index is 9.89. The number of carbonyl (C=O) groups excluding carboxylic acids is 1. The van der Waals surface area contributed by atoms with Crippen LogP contribution in [0.2, 0.25) is 0 Å². The molecule has 0 aromatic rings. The van der Waals surface area contributed by atoms with Crippen LogP contribution in [0, 0.1) is 0 Å². The van der Waals surface area contributed by atoms with Crippen LogP contribution in [0.1, 0.15) is 0 Å². The first kappa shape index (κ1) is 11.6. The van der Waals surface area contributed by atoms with Gasteiger partial charge in [-0.05, 0) is 0 Å². The summed E-state index contributed by atoms with van der Waals surface area (Å²) in [4.78, 5) is 22.1. The van der Waals surface area contributed by atoms with Gasteiger partial charge in [0.1, 0.15) is 0 Å². The van der Waals surface area contributed by atoms with Crippen LogP contribution in [0.4, 0.5) is 0 Å². The smallest absolute Gasteiger partial charge is 0.331 e. The van der Waals surface area contributed by atoms with Crippen molar-refractivity contribution in [3.63, 3.8) is 0 Å². The summed E-state index contributed by atoms with van der Waals surface area (Å²) in [5.74, 6) is -1.33. The molecule has 0 saturated carbocycles. The number of carboxylic acid groups (broad SMARTS) is 1. The van der Waals surface area contributed by atoms with Crippen LogP contribution in [-0.2, 0) is 9.59 Å². The first-order valence-electron chi connectivity index (χ1n) is 2.13. The van der Waals surface area contributed by atoms with Crippen molar-refractivity contribution in [2.75, 3.05) is 6.61 Å². The third-order valence-electron chi connectivity index (χ3n) is 0.667. The summed E-state index contributed by atoms with van der Waals surface area (Å²) >= 11 is 0. The van der Waals surface area contributed by atoms with Gasteiger partial charge in [0, 0.05) is 0 Å². The Morgan fingerprint density at radius 2 is 2.20 bits per heavy atom. The Bertz CT molecular complexity index is 148. The zero-order valence-corrected chi connectivity index (χ0v) is 4.94. The van der Waals surface area contributed by atoms with E-state index in [1.807, 2.05) is 0 Å². The van der Waals surface area contributed by atoms with E-state index in [0.717, 1.165) is 6.08 Å². The minimum atomic E-state index is -1.36. The molecular formula is C4H7NO5. The van der Waals surface area contributed by atoms with Crippen molar-refractivity contribution in [2.24, 2.45) is 4.99 Å². The minimum Gasteiger partial charge on any atom is -0.480 e. The van der Waals surface area contributed by atoms with Crippen LogP contribution in [0.5, 0.6) is 0 Å². The monoisotopic (exact) mass is 149 g/mol. The van der Waals surface area contributed by atoms with E-state index in [-0.39, 0.29) is 5.48 Å². The summed E-state index contributed by atoms with van der Waals surface area (Å²) in [6.07, 6.45) is 1.03. The summed E-state index contributed by atoms with van der Waals surface area (Å²) in [5.41, 5.74) is 0. The second-order valence-corrected chi connectivity index (χ2v) is 1.26. The number of carboxylic acids is 1. The number of isocyanates is 1. The van der Waals surface area contributed by atoms with Crippen LogP contribution in [-0.4, -0.2) is 40.4 Å². The molecule has 0 amide bonds. The van der Waals surface area contributed by atoms with Gasteiger partial charge in [-0.1, -0.05) is 0 Å². The van der Waals surface area contributed by atoms with Gasteiger partial charge in [0.25, 0.3) is 0 Å². The Labute approximate surface area is 56.1 Å². The number of aliphatic hydroxyl groups excluding tert-OH is 1. The molecule has 0 aromatic heterocycles. The molecule has 1 unspecified atom stereocenters. The first-order chi connectivity index (χ1) is 4.22. The number of hydrogen-bond donors (Lipinski definition) is 2. The summed E-state index contributed by atoms with van der Waals surface area (Å²) < 4.78 is 0. The Balaban J connectivity index is 0. The van der Waals surface area contributed by atoms with Gasteiger partial charge < -0.3 is 15.7 Å². The molecular weight excluding hydrogens is 142 g/mol. The second-order valence-electron chi connectivity index (χ2n) is 1.26. The standard InChI is InChI=1S/C4H5NO4.H2O/c6-1-3(4(8)9)5-2-7;/h3,6H,1H2,(H,8,9);1H2. The third kappa shape index (κ3) is 3.73. The predicted octanol–water partition coefficient (Wildman–Crippen LogP) is -2.06. The SMILES string of the molecule is O.O=C=NC(CO)C(=O)O. The number of aliphatic hydroxyl groups is 1. The minimum absolute atomic E-state index is 0. The number of nitrogens with zero attached hydrogens (tertiary/aromatic N) is 1. The molecule has 1 atom stereocenters. The van der Waals surface area contributed by atoms with Crippen LogP contribution in [0.15, 0.2) is 4.99 Å². The quantitative estimate of drug-likeness (QED) is 0.354. The number of carbonyl (C=O) groups is 1. The fourth-order valence-electron chi connectivity index (χ4n) is 0.238. The van der Waals surface area contributed by atoms with Crippen molar-refractivity contribution in [1.29, 1.82) is 0 Å². The highest BCUT2D eigenvalue weighted by Gasteiger charge is 2.13. The van der Waals surface area contributed by atoms with E-state index in [1.54, 1.807) is 0 Å². The lowest BCUT2D eigenvalue weighted by Crippen LogP contribution is -2.21. The van der Waals surface area contributed by atoms with Crippen molar-refractivity contribution in [1.82, 2.24) is 0 Å². The van der Waals surface area contributed by atoms with E-state index in [2.05, 4.69) is 4.99 Å². The largest absolute Gasteiger partial charge is 0.480 e. The van der Waals surface area contributed by atoms with E-state index in [4.69, 9.17) is 10.2 Å². The molecule has 6 heteroatoms. The molecule has 0 aromatic carbocycles. The van der Waals surface area contributed by atoms with E-state index < -0.39 is 18.6 Å². The van der Waals surface area contributed by atoms with E-state index in [9.17, 15) is 9.59 Å². The van der Waals surface area contributed by atoms with Crippen LogP contribution in [0.3, 0.4) is 0 Å². The number of aliphatic carboxylic acids is 1. The molecule has 0 radical (unpaired) electrons. The molecule has 0 heterocycles. The summed E-state index contributed by atoms with van der Waals surface area (Å²) in [6, 6.07) is -1.36. The lowest BCUT2D eigenvalue weighted by atomic mass is 10.3. The highest BCUT2D eigenvalue weighted by Crippen LogP contribution is 1.85. The fraction of sp³-hybridized carbons (Fsp3) is 0.500. The van der Waals surface area contributed by atoms with Gasteiger partial charge in [-0.2, -0.15) is 4.99 Å². The number of rotatable bonds is 3. The van der Waals surface area contributed by atoms with Crippen molar-refractivity contribution in [2.45, 2.75) is 6.04 Å². The average Bonchev–Trinajstić information content (AvgIpc) is 1.82. The van der Waals surface area contributed by atoms with Crippen LogP contribution < -0.4 is 0 Å². The van der Waals surface area contributed by atoms with E-state index in [0.29, 0.717) is 0 Å². The Hall–Kier alpha value is -1.23. The van der Waals surface area contributed by atoms with Gasteiger partial charge >= 0.3 is 5.97 Å². The topological polar surface area (TPSA) is 118 Å². The molecule has 0 aliphatic heterocycles. The molecule has 10 heavy (non-hydrogen) atoms. The van der Waals surface area contributed by atoms with Gasteiger partial charge in [-0.25, -0.2) is 9.59 Å². The Morgan fingerprint density at radius 1 is 1.70 bits per heavy atom. The second kappa shape index (κ2) is 5.90. The first-order valence-corrected chi connectivity index (χ1v) is 2.13. The van der Waals surface area contributed by atoms with Gasteiger partial charge in [-0.15, -0.1) is 0 Å². The predicted molar refractivity (Wildman–Crippen MR) is 30.2 cm³/mol. The van der Waals surface area contributed by atoms with Crippen molar-refractivity contribution >= 4 is 12.0 Å². The Morgan fingerprint density at radius 3 is 2.30 bits per heavy atom. The van der Waals surface area contributed by atoms with Gasteiger partial charge in [-0.3, -0.25) is 0 Å². The molecule has 0 spiro atoms. The molecule has 0 rings (SSSR count). The van der Waals surface area contributed by atoms with E-state index >= 15 is 0 Å². The number of hydrogen-bond acceptors (Lipinski definition) is 4. The summed E-state index contributed by atoms with van der Waals surface area (Å²) in [7, 11) is 0. The lowest BCUT2D eigenvalue weighted by Gasteiger charge is -1.96. The highest BCUT2D eigenvalue weighted by atomic mass is 16.4. The zero-order chi connectivity index (χ0) is 7.28. The zero-order valence-electron chi connectivity index (χ0n) is 4.94. The maximum Gasteiger partial charge on any atom is 0.331 e. The molecule has 0 fully saturated rings. The Kier molecular flexibility index (Phi) is 6.81. The summed E-state index contributed by atoms with van der Waals surface area (Å²) in [5, 5.41) is 16.2. The van der Waals surface area contributed by atoms with Crippen LogP contribution >= 0.6 is 0 Å². The van der Waals surface area contributed by atoms with Crippen molar-refractivity contribution in [3.05, 3.63) is 0 Å². The molecule has 4 N–H and O–H groups in total. The summed E-state index contributed by atoms with van der Waals surface area (Å²) in [6.45, 7) is -0.676. The van der Waals surface area contributed by atoms with Crippen molar-refractivity contribution < 1.29 is 25.3 Å². The molecule has 0 aliphatic rings. The molecule has 58 valence electrons. The maximum atomic E-state index is 9.89. The van der Waals surface area contributed by atoms with Gasteiger partial charge in [0.2, 0.25) is 6.08 Å². The third-order valence-corrected chi connectivity index (χ3v) is 0.667. The highest BCUT2D eigenvalue weighted by molar-refractivity contribution is 5.74. The fourth-order valence-corrected chi connectivity index (χ4v) is 0.238. The molecule has 6 nitrogen and oxygen atoms in total. The average molecular weight is 149 g/mol. The molecule has 0 aliphatic carbocycles. The number of aliphatic imine (C=N–C) groups is 1. The normalized spacial score (nSPS) is 10.5. The lowest BCUT2D eigenvalue weighted by molar-refractivity contribution is -0.139. The van der Waals surface area contributed by atoms with Gasteiger partial charge in [0.05, 0.1) is 6.61 Å². The van der Waals surface area contributed by atoms with Crippen molar-refractivity contribution in [3.8, 4) is 0 Å². The molecule has 0 saturated heterocycles. The van der Waals surface area contributed by atoms with Crippen LogP contribution in [0.25, 0.3) is 0 Å². The van der Waals surface area contributed by atoms with Gasteiger partial charge in [0.15, 0.2) is 6.04 Å².